The summed E-state index contributed by atoms with van der Waals surface area (Å²) in [6, 6.07) is 20.1. The van der Waals surface area contributed by atoms with Crippen LogP contribution in [0.5, 0.6) is 0 Å². The average molecular weight is 216 g/mol. The predicted octanol–water partition coefficient (Wildman–Crippen LogP) is 3.64. The molecule has 0 spiro atoms. The molecule has 1 nitrogen and oxygen atoms in total. The Morgan fingerprint density at radius 2 is 1.13 bits per heavy atom. The fourth-order valence-corrected chi connectivity index (χ4v) is 1.81. The Bertz CT molecular complexity index is 360. The van der Waals surface area contributed by atoms with Gasteiger partial charge in [0.15, 0.2) is 0 Å². The smallest absolute Gasteiger partial charge is 0.122 e. The highest BCUT2D eigenvalue weighted by Gasteiger charge is 2.12. The predicted molar refractivity (Wildman–Crippen MR) is 64.8 cm³/mol. The molecule has 76 valence electrons. The van der Waals surface area contributed by atoms with Crippen LogP contribution in [0.3, 0.4) is 0 Å². The maximum Gasteiger partial charge on any atom is 0.122 e. The molecular weight excluding hydrogens is 204 g/mol. The van der Waals surface area contributed by atoms with E-state index in [-0.39, 0.29) is 6.10 Å². The molecule has 0 aromatic heterocycles. The average Bonchev–Trinajstić information content (AvgIpc) is 2.33. The van der Waals surface area contributed by atoms with Crippen LogP contribution < -0.4 is 0 Å². The van der Waals surface area contributed by atoms with E-state index in [0.29, 0.717) is 0 Å². The van der Waals surface area contributed by atoms with Crippen LogP contribution in [0.1, 0.15) is 17.2 Å². The van der Waals surface area contributed by atoms with E-state index < -0.39 is 0 Å². The standard InChI is InChI=1S/C13H12OS/c15-14-13(11-7-3-1-4-8-11)12-9-5-2-6-10-12/h1-10,13,15H. The van der Waals surface area contributed by atoms with Crippen molar-refractivity contribution in [2.45, 2.75) is 6.10 Å². The molecule has 2 aromatic carbocycles. The third kappa shape index (κ3) is 2.41. The first kappa shape index (κ1) is 10.3. The molecule has 2 aromatic rings. The summed E-state index contributed by atoms with van der Waals surface area (Å²) in [6.07, 6.45) is -0.101. The first-order valence-corrected chi connectivity index (χ1v) is 5.18. The van der Waals surface area contributed by atoms with Crippen LogP contribution in [-0.2, 0) is 4.18 Å². The molecule has 0 N–H and O–H groups in total. The monoisotopic (exact) mass is 216 g/mol. The molecule has 0 heterocycles. The number of rotatable bonds is 3. The number of hydrogen-bond donors (Lipinski definition) is 1. The summed E-state index contributed by atoms with van der Waals surface area (Å²) >= 11 is 3.94. The van der Waals surface area contributed by atoms with Gasteiger partial charge in [0.05, 0.1) is 0 Å². The molecule has 0 atom stereocenters. The van der Waals surface area contributed by atoms with E-state index in [9.17, 15) is 0 Å². The molecule has 2 heteroatoms. The second kappa shape index (κ2) is 5.01. The molecule has 0 amide bonds. The number of thiol groups is 1. The van der Waals surface area contributed by atoms with Crippen LogP contribution in [-0.4, -0.2) is 0 Å². The van der Waals surface area contributed by atoms with Crippen LogP contribution in [0, 0.1) is 0 Å². The second-order valence-corrected chi connectivity index (χ2v) is 3.52. The van der Waals surface area contributed by atoms with Crippen molar-refractivity contribution >= 4 is 12.9 Å². The lowest BCUT2D eigenvalue weighted by molar-refractivity contribution is 0.302. The Morgan fingerprint density at radius 1 is 0.733 bits per heavy atom. The van der Waals surface area contributed by atoms with Crippen LogP contribution in [0.2, 0.25) is 0 Å². The van der Waals surface area contributed by atoms with Crippen LogP contribution in [0.25, 0.3) is 0 Å². The summed E-state index contributed by atoms with van der Waals surface area (Å²) < 4.78 is 5.22. The van der Waals surface area contributed by atoms with Crippen LogP contribution in [0.4, 0.5) is 0 Å². The van der Waals surface area contributed by atoms with Gasteiger partial charge < -0.3 is 4.18 Å². The van der Waals surface area contributed by atoms with Gasteiger partial charge in [-0.2, -0.15) is 0 Å². The second-order valence-electron chi connectivity index (χ2n) is 3.31. The van der Waals surface area contributed by atoms with Crippen molar-refractivity contribution in [3.8, 4) is 0 Å². The normalized spacial score (nSPS) is 10.5. The molecule has 0 unspecified atom stereocenters. The highest BCUT2D eigenvalue weighted by molar-refractivity contribution is 7.75. The molecule has 0 aliphatic rings. The summed E-state index contributed by atoms with van der Waals surface area (Å²) in [5.74, 6) is 0. The SMILES string of the molecule is SOC(c1ccccc1)c1ccccc1. The minimum atomic E-state index is -0.101. The van der Waals surface area contributed by atoms with E-state index in [0.717, 1.165) is 11.1 Å². The summed E-state index contributed by atoms with van der Waals surface area (Å²) in [5.41, 5.74) is 2.22. The fourth-order valence-electron chi connectivity index (χ4n) is 1.57. The number of hydrogen-bond acceptors (Lipinski definition) is 2. The van der Waals surface area contributed by atoms with Crippen LogP contribution in [0.15, 0.2) is 60.7 Å². The van der Waals surface area contributed by atoms with Gasteiger partial charge in [-0.15, -0.1) is 0 Å². The lowest BCUT2D eigenvalue weighted by Crippen LogP contribution is -2.00. The van der Waals surface area contributed by atoms with Gasteiger partial charge in [-0.3, -0.25) is 0 Å². The quantitative estimate of drug-likeness (QED) is 0.609. The van der Waals surface area contributed by atoms with Gasteiger partial charge in [-0.05, 0) is 24.0 Å². The zero-order valence-corrected chi connectivity index (χ0v) is 9.10. The topological polar surface area (TPSA) is 9.23 Å². The first-order valence-electron chi connectivity index (χ1n) is 4.82. The van der Waals surface area contributed by atoms with Gasteiger partial charge in [0.2, 0.25) is 0 Å². The molecular formula is C13H12OS. The van der Waals surface area contributed by atoms with E-state index >= 15 is 0 Å². The Labute approximate surface area is 95.3 Å². The lowest BCUT2D eigenvalue weighted by atomic mass is 10.0. The van der Waals surface area contributed by atoms with Crippen LogP contribution >= 0.6 is 12.9 Å². The minimum absolute atomic E-state index is 0.101. The molecule has 0 aliphatic carbocycles. The molecule has 2 rings (SSSR count). The van der Waals surface area contributed by atoms with Gasteiger partial charge in [0.25, 0.3) is 0 Å². The molecule has 0 aliphatic heterocycles. The van der Waals surface area contributed by atoms with E-state index in [1.807, 2.05) is 60.7 Å². The first-order chi connectivity index (χ1) is 7.42. The van der Waals surface area contributed by atoms with Crippen molar-refractivity contribution in [3.05, 3.63) is 71.8 Å². The fraction of sp³-hybridized carbons (Fsp3) is 0.0769. The van der Waals surface area contributed by atoms with E-state index in [1.54, 1.807) is 0 Å². The van der Waals surface area contributed by atoms with Gasteiger partial charge in [-0.1, -0.05) is 60.7 Å². The van der Waals surface area contributed by atoms with Crippen molar-refractivity contribution < 1.29 is 4.18 Å². The third-order valence-corrected chi connectivity index (χ3v) is 2.52. The minimum Gasteiger partial charge on any atom is -0.306 e. The summed E-state index contributed by atoms with van der Waals surface area (Å²) in [6.45, 7) is 0. The van der Waals surface area contributed by atoms with Gasteiger partial charge in [0.1, 0.15) is 6.10 Å². The van der Waals surface area contributed by atoms with Crippen molar-refractivity contribution in [3.63, 3.8) is 0 Å². The van der Waals surface area contributed by atoms with Crippen molar-refractivity contribution in [1.29, 1.82) is 0 Å². The molecule has 15 heavy (non-hydrogen) atoms. The van der Waals surface area contributed by atoms with Crippen molar-refractivity contribution in [1.82, 2.24) is 0 Å². The zero-order chi connectivity index (χ0) is 10.5. The van der Waals surface area contributed by atoms with Gasteiger partial charge in [-0.25, -0.2) is 0 Å². The lowest BCUT2D eigenvalue weighted by Gasteiger charge is -2.14. The highest BCUT2D eigenvalue weighted by atomic mass is 32.1. The van der Waals surface area contributed by atoms with E-state index in [2.05, 4.69) is 12.9 Å². The van der Waals surface area contributed by atoms with Crippen molar-refractivity contribution in [2.75, 3.05) is 0 Å². The summed E-state index contributed by atoms with van der Waals surface area (Å²) in [7, 11) is 0. The van der Waals surface area contributed by atoms with Crippen molar-refractivity contribution in [2.24, 2.45) is 0 Å². The number of benzene rings is 2. The summed E-state index contributed by atoms with van der Waals surface area (Å²) in [4.78, 5) is 0. The molecule has 0 radical (unpaired) electrons. The van der Waals surface area contributed by atoms with Gasteiger partial charge in [0, 0.05) is 0 Å². The van der Waals surface area contributed by atoms with E-state index in [4.69, 9.17) is 4.18 Å². The largest absolute Gasteiger partial charge is 0.306 e. The third-order valence-electron chi connectivity index (χ3n) is 2.31. The Morgan fingerprint density at radius 3 is 1.47 bits per heavy atom. The zero-order valence-electron chi connectivity index (χ0n) is 8.21. The Hall–Kier alpha value is -1.25. The Kier molecular flexibility index (Phi) is 3.43. The molecule has 0 bridgehead atoms. The molecule has 0 saturated heterocycles. The molecule has 0 fully saturated rings. The maximum absolute atomic E-state index is 5.22. The Balaban J connectivity index is 2.34. The molecule has 0 saturated carbocycles. The van der Waals surface area contributed by atoms with E-state index in [1.165, 1.54) is 0 Å². The highest BCUT2D eigenvalue weighted by Crippen LogP contribution is 2.26. The maximum atomic E-state index is 5.22. The summed E-state index contributed by atoms with van der Waals surface area (Å²) in [5, 5.41) is 0. The van der Waals surface area contributed by atoms with Gasteiger partial charge >= 0.3 is 0 Å².